The fraction of sp³-hybridized carbons (Fsp3) is 0.150. The predicted octanol–water partition coefficient (Wildman–Crippen LogP) is 5.36. The lowest BCUT2D eigenvalue weighted by Crippen LogP contribution is -2.29. The number of thiazole rings is 1. The second kappa shape index (κ2) is 9.43. The quantitative estimate of drug-likeness (QED) is 0.227. The minimum Gasteiger partial charge on any atom is -0.507 e. The van der Waals surface area contributed by atoms with Crippen LogP contribution in [0.4, 0.5) is 27.1 Å². The Morgan fingerprint density at radius 2 is 1.58 bits per heavy atom. The molecule has 0 aliphatic rings. The van der Waals surface area contributed by atoms with Crippen molar-refractivity contribution in [2.75, 3.05) is 5.32 Å². The molecule has 1 aromatic heterocycles. The number of aromatic nitrogens is 1. The molecule has 0 aliphatic heterocycles. The van der Waals surface area contributed by atoms with Crippen molar-refractivity contribution in [3.8, 4) is 17.0 Å². The van der Waals surface area contributed by atoms with Gasteiger partial charge in [0, 0.05) is 10.5 Å². The van der Waals surface area contributed by atoms with Crippen molar-refractivity contribution in [2.45, 2.75) is 19.9 Å². The van der Waals surface area contributed by atoms with E-state index in [9.17, 15) is 36.6 Å². The Kier molecular flexibility index (Phi) is 7.03. The lowest BCUT2D eigenvalue weighted by molar-refractivity contribution is 0.0946. The smallest absolute Gasteiger partial charge is 0.263 e. The van der Waals surface area contributed by atoms with Gasteiger partial charge in [-0.1, -0.05) is 27.3 Å². The minimum atomic E-state index is -2.36. The zero-order chi connectivity index (χ0) is 24.6. The van der Waals surface area contributed by atoms with Crippen LogP contribution in [0.1, 0.15) is 33.9 Å². The van der Waals surface area contributed by atoms with Crippen LogP contribution in [0.3, 0.4) is 0 Å². The summed E-state index contributed by atoms with van der Waals surface area (Å²) in [5, 5.41) is 14.2. The van der Waals surface area contributed by atoms with Crippen LogP contribution in [-0.4, -0.2) is 27.9 Å². The molecule has 13 heteroatoms. The van der Waals surface area contributed by atoms with Crippen LogP contribution in [0.25, 0.3) is 11.3 Å². The van der Waals surface area contributed by atoms with Gasteiger partial charge in [-0.05, 0) is 32.0 Å². The highest BCUT2D eigenvalue weighted by atomic mass is 79.9. The van der Waals surface area contributed by atoms with Crippen molar-refractivity contribution < 1.29 is 36.6 Å². The fourth-order valence-electron chi connectivity index (χ4n) is 2.69. The number of nitrogens with zero attached hydrogens (tertiary/aromatic N) is 1. The van der Waals surface area contributed by atoms with E-state index < -0.39 is 68.8 Å². The van der Waals surface area contributed by atoms with E-state index in [0.29, 0.717) is 15.8 Å². The third-order valence-corrected chi connectivity index (χ3v) is 5.59. The van der Waals surface area contributed by atoms with Gasteiger partial charge in [-0.25, -0.2) is 26.9 Å². The molecule has 0 spiro atoms. The monoisotopic (exact) mass is 549 g/mol. The highest BCUT2D eigenvalue weighted by Gasteiger charge is 2.32. The van der Waals surface area contributed by atoms with Crippen LogP contribution in [0.5, 0.6) is 5.75 Å². The summed E-state index contributed by atoms with van der Waals surface area (Å²) in [4.78, 5) is 28.4. The molecular weight excluding hydrogens is 537 g/mol. The first-order valence-corrected chi connectivity index (χ1v) is 10.7. The van der Waals surface area contributed by atoms with Crippen LogP contribution in [0, 0.1) is 29.1 Å². The molecule has 3 aromatic rings. The number of phenols is 1. The van der Waals surface area contributed by atoms with Crippen molar-refractivity contribution in [3.05, 3.63) is 62.2 Å². The second-order valence-corrected chi connectivity index (χ2v) is 8.80. The highest BCUT2D eigenvalue weighted by Crippen LogP contribution is 2.37. The molecule has 0 aliphatic carbocycles. The molecule has 6 nitrogen and oxygen atoms in total. The third-order valence-electron chi connectivity index (χ3n) is 4.12. The van der Waals surface area contributed by atoms with Crippen LogP contribution in [0.2, 0.25) is 0 Å². The van der Waals surface area contributed by atoms with Crippen molar-refractivity contribution in [3.63, 3.8) is 0 Å². The summed E-state index contributed by atoms with van der Waals surface area (Å²) in [6.07, 6.45) is 0. The molecule has 1 heterocycles. The number of amides is 2. The van der Waals surface area contributed by atoms with Crippen LogP contribution in [0.15, 0.2) is 22.7 Å². The van der Waals surface area contributed by atoms with Gasteiger partial charge in [0.05, 0.1) is 11.1 Å². The molecular formula is C20H13BrF5N3O3S. The molecule has 0 bridgehead atoms. The summed E-state index contributed by atoms with van der Waals surface area (Å²) in [5.41, 5.74) is -2.47. The number of hydrogen-bond donors (Lipinski definition) is 3. The van der Waals surface area contributed by atoms with Gasteiger partial charge in [-0.15, -0.1) is 0 Å². The van der Waals surface area contributed by atoms with Gasteiger partial charge in [0.15, 0.2) is 28.4 Å². The Hall–Kier alpha value is -3.06. The van der Waals surface area contributed by atoms with E-state index in [2.05, 4.69) is 31.5 Å². The summed E-state index contributed by atoms with van der Waals surface area (Å²) in [7, 11) is 0. The predicted molar refractivity (Wildman–Crippen MR) is 114 cm³/mol. The molecule has 0 radical (unpaired) electrons. The number of nitrogens with one attached hydrogen (secondary N) is 2. The van der Waals surface area contributed by atoms with E-state index in [1.807, 2.05) is 0 Å². The van der Waals surface area contributed by atoms with Crippen LogP contribution in [-0.2, 0) is 0 Å². The van der Waals surface area contributed by atoms with Gasteiger partial charge < -0.3 is 10.4 Å². The van der Waals surface area contributed by atoms with E-state index in [4.69, 9.17) is 0 Å². The summed E-state index contributed by atoms with van der Waals surface area (Å²) in [6, 6.07) is 3.52. The van der Waals surface area contributed by atoms with Crippen LogP contribution >= 0.6 is 27.3 Å². The van der Waals surface area contributed by atoms with Gasteiger partial charge >= 0.3 is 0 Å². The number of rotatable bonds is 5. The van der Waals surface area contributed by atoms with E-state index in [-0.39, 0.29) is 10.7 Å². The number of hydrogen-bond acceptors (Lipinski definition) is 5. The molecule has 33 heavy (non-hydrogen) atoms. The van der Waals surface area contributed by atoms with E-state index >= 15 is 0 Å². The number of carbonyl (C=O) groups excluding carboxylic acids is 2. The number of anilines is 1. The number of aromatic hydroxyl groups is 1. The van der Waals surface area contributed by atoms with Gasteiger partial charge in [0.2, 0.25) is 5.82 Å². The van der Waals surface area contributed by atoms with E-state index in [1.165, 1.54) is 18.2 Å². The normalized spacial score (nSPS) is 11.1. The van der Waals surface area contributed by atoms with E-state index in [1.54, 1.807) is 13.8 Å². The van der Waals surface area contributed by atoms with Gasteiger partial charge in [-0.2, -0.15) is 0 Å². The van der Waals surface area contributed by atoms with Crippen molar-refractivity contribution in [1.82, 2.24) is 10.3 Å². The summed E-state index contributed by atoms with van der Waals surface area (Å²) < 4.78 is 70.3. The standard InChI is InChI=1S/C20H13BrF5N3O3S/c1-6(2)27-19(32)17-16(10-11(22)13(24)15(26)14(25)12(10)23)28-20(33-17)29-18(31)8-5-7(21)3-4-9(8)30/h3-6,30H,1-2H3,(H,27,32)(H,28,29,31). The van der Waals surface area contributed by atoms with Crippen LogP contribution < -0.4 is 10.6 Å². The first-order valence-electron chi connectivity index (χ1n) is 9.05. The Labute approximate surface area is 195 Å². The maximum absolute atomic E-state index is 14.4. The Balaban J connectivity index is 2.15. The molecule has 3 N–H and O–H groups in total. The average molecular weight is 550 g/mol. The fourth-order valence-corrected chi connectivity index (χ4v) is 3.92. The lowest BCUT2D eigenvalue weighted by atomic mass is 10.1. The summed E-state index contributed by atoms with van der Waals surface area (Å²) in [6.45, 7) is 3.16. The second-order valence-electron chi connectivity index (χ2n) is 6.89. The zero-order valence-corrected chi connectivity index (χ0v) is 19.1. The average Bonchev–Trinajstić information content (AvgIpc) is 3.15. The third kappa shape index (κ3) is 4.83. The SMILES string of the molecule is CC(C)NC(=O)c1sc(NC(=O)c2cc(Br)ccc2O)nc1-c1c(F)c(F)c(F)c(F)c1F. The number of halogens is 6. The first-order chi connectivity index (χ1) is 15.4. The molecule has 2 amide bonds. The van der Waals surface area contributed by atoms with Gasteiger partial charge in [0.25, 0.3) is 11.8 Å². The molecule has 3 rings (SSSR count). The maximum atomic E-state index is 14.4. The highest BCUT2D eigenvalue weighted by molar-refractivity contribution is 9.10. The number of carbonyl (C=O) groups is 2. The Morgan fingerprint density at radius 1 is 1.00 bits per heavy atom. The summed E-state index contributed by atoms with van der Waals surface area (Å²) >= 11 is 3.58. The van der Waals surface area contributed by atoms with Crippen molar-refractivity contribution in [1.29, 1.82) is 0 Å². The zero-order valence-electron chi connectivity index (χ0n) is 16.7. The molecule has 0 saturated heterocycles. The number of phenolic OH excluding ortho intramolecular Hbond substituents is 1. The van der Waals surface area contributed by atoms with Crippen molar-refractivity contribution >= 4 is 44.2 Å². The molecule has 0 fully saturated rings. The largest absolute Gasteiger partial charge is 0.507 e. The Morgan fingerprint density at radius 3 is 2.15 bits per heavy atom. The molecule has 174 valence electrons. The van der Waals surface area contributed by atoms with E-state index in [0.717, 1.165) is 0 Å². The maximum Gasteiger partial charge on any atom is 0.263 e. The van der Waals surface area contributed by atoms with Gasteiger partial charge in [0.1, 0.15) is 16.3 Å². The summed E-state index contributed by atoms with van der Waals surface area (Å²) in [5.74, 6) is -13.4. The molecule has 0 unspecified atom stereocenters. The molecule has 2 aromatic carbocycles. The van der Waals surface area contributed by atoms with Crippen molar-refractivity contribution in [2.24, 2.45) is 0 Å². The Bertz CT molecular complexity index is 1250. The molecule has 0 saturated carbocycles. The lowest BCUT2D eigenvalue weighted by Gasteiger charge is -2.10. The molecule has 0 atom stereocenters. The topological polar surface area (TPSA) is 91.3 Å². The minimum absolute atomic E-state index is 0.203. The first kappa shape index (κ1) is 24.6. The number of benzene rings is 2. The van der Waals surface area contributed by atoms with Gasteiger partial charge in [-0.3, -0.25) is 14.9 Å².